The largest absolute Gasteiger partial charge is 0.487 e. The first-order chi connectivity index (χ1) is 14.2. The summed E-state index contributed by atoms with van der Waals surface area (Å²) in [4.78, 5) is 27.0. The minimum atomic E-state index is -0.758. The monoisotopic (exact) mass is 541 g/mol. The van der Waals surface area contributed by atoms with Gasteiger partial charge in [-0.15, -0.1) is 0 Å². The summed E-state index contributed by atoms with van der Waals surface area (Å²) in [6, 6.07) is 8.15. The molecular weight excluding hydrogens is 528 g/mol. The zero-order valence-electron chi connectivity index (χ0n) is 15.8. The van der Waals surface area contributed by atoms with E-state index in [4.69, 9.17) is 9.47 Å². The summed E-state index contributed by atoms with van der Waals surface area (Å²) in [7, 11) is 1.27. The number of rotatable bonds is 5. The Kier molecular flexibility index (Phi) is 6.72. The van der Waals surface area contributed by atoms with Crippen LogP contribution in [0.4, 0.5) is 8.78 Å². The third-order valence-electron chi connectivity index (χ3n) is 4.35. The Morgan fingerprint density at radius 1 is 1.13 bits per heavy atom. The highest BCUT2D eigenvalue weighted by Crippen LogP contribution is 2.38. The number of hydrogen-bond donors (Lipinski definition) is 1. The summed E-state index contributed by atoms with van der Waals surface area (Å²) in [6.07, 6.45) is 0. The van der Waals surface area contributed by atoms with E-state index >= 15 is 0 Å². The number of aryl methyl sites for hydroxylation is 1. The molecule has 0 aliphatic heterocycles. The van der Waals surface area contributed by atoms with Gasteiger partial charge in [0.1, 0.15) is 28.5 Å². The topological polar surface area (TPSA) is 68.4 Å². The molecule has 0 spiro atoms. The molecule has 0 aliphatic rings. The number of nitrogens with one attached hydrogen (secondary N) is 1. The lowest BCUT2D eigenvalue weighted by Gasteiger charge is -2.17. The number of esters is 1. The van der Waals surface area contributed by atoms with Gasteiger partial charge in [0.2, 0.25) is 0 Å². The average molecular weight is 543 g/mol. The Hall–Kier alpha value is -2.52. The second kappa shape index (κ2) is 9.09. The lowest BCUT2D eigenvalue weighted by molar-refractivity contribution is 0.0599. The minimum Gasteiger partial charge on any atom is -0.487 e. The Bertz CT molecular complexity index is 1190. The maximum atomic E-state index is 14.0. The van der Waals surface area contributed by atoms with Crippen LogP contribution in [0.15, 0.2) is 50.1 Å². The third kappa shape index (κ3) is 4.46. The van der Waals surface area contributed by atoms with Gasteiger partial charge in [-0.05, 0) is 68.6 Å². The Morgan fingerprint density at radius 3 is 2.53 bits per heavy atom. The lowest BCUT2D eigenvalue weighted by Crippen LogP contribution is -2.13. The summed E-state index contributed by atoms with van der Waals surface area (Å²) in [5.74, 6) is -1.83. The molecule has 1 N–H and O–H groups in total. The highest BCUT2D eigenvalue weighted by molar-refractivity contribution is 9.10. The van der Waals surface area contributed by atoms with Crippen LogP contribution < -0.4 is 10.3 Å². The summed E-state index contributed by atoms with van der Waals surface area (Å²) in [6.45, 7) is 1.44. The van der Waals surface area contributed by atoms with Crippen LogP contribution in [0, 0.1) is 18.6 Å². The molecule has 9 heteroatoms. The van der Waals surface area contributed by atoms with Crippen LogP contribution in [0.25, 0.3) is 11.1 Å². The molecule has 1 heterocycles. The van der Waals surface area contributed by atoms with Gasteiger partial charge in [0.05, 0.1) is 12.7 Å². The van der Waals surface area contributed by atoms with Gasteiger partial charge in [-0.1, -0.05) is 6.07 Å². The molecule has 0 atom stereocenters. The zero-order chi connectivity index (χ0) is 22.0. The number of hydrogen-bond acceptors (Lipinski definition) is 4. The van der Waals surface area contributed by atoms with Crippen molar-refractivity contribution in [1.29, 1.82) is 0 Å². The molecule has 0 radical (unpaired) electrons. The number of methoxy groups -OCH3 is 1. The van der Waals surface area contributed by atoms with Gasteiger partial charge in [0.25, 0.3) is 5.56 Å². The first kappa shape index (κ1) is 22.2. The van der Waals surface area contributed by atoms with Gasteiger partial charge in [0, 0.05) is 27.4 Å². The smallest absolute Gasteiger partial charge is 0.339 e. The number of aromatic amines is 1. The van der Waals surface area contributed by atoms with E-state index in [0.29, 0.717) is 21.3 Å². The van der Waals surface area contributed by atoms with Gasteiger partial charge in [-0.3, -0.25) is 4.79 Å². The van der Waals surface area contributed by atoms with Crippen molar-refractivity contribution in [2.75, 3.05) is 7.11 Å². The molecule has 0 saturated carbocycles. The number of carbonyl (C=O) groups is 1. The molecule has 0 amide bonds. The molecule has 3 rings (SSSR count). The van der Waals surface area contributed by atoms with Crippen LogP contribution in [0.5, 0.6) is 5.75 Å². The molecule has 0 fully saturated rings. The molecule has 156 valence electrons. The van der Waals surface area contributed by atoms with Gasteiger partial charge in [0.15, 0.2) is 0 Å². The maximum Gasteiger partial charge on any atom is 0.339 e. The van der Waals surface area contributed by atoms with Crippen molar-refractivity contribution in [3.63, 3.8) is 0 Å². The highest BCUT2D eigenvalue weighted by Gasteiger charge is 2.20. The molecule has 0 unspecified atom stereocenters. The van der Waals surface area contributed by atoms with Gasteiger partial charge >= 0.3 is 5.97 Å². The summed E-state index contributed by atoms with van der Waals surface area (Å²) in [5, 5.41) is 0. The lowest BCUT2D eigenvalue weighted by atomic mass is 10.0. The van der Waals surface area contributed by atoms with Crippen LogP contribution in [-0.2, 0) is 11.3 Å². The van der Waals surface area contributed by atoms with Crippen molar-refractivity contribution in [2.24, 2.45) is 0 Å². The summed E-state index contributed by atoms with van der Waals surface area (Å²) >= 11 is 6.53. The number of pyridine rings is 1. The van der Waals surface area contributed by atoms with Gasteiger partial charge in [-0.25, -0.2) is 13.6 Å². The first-order valence-electron chi connectivity index (χ1n) is 8.60. The van der Waals surface area contributed by atoms with Gasteiger partial charge in [-0.2, -0.15) is 0 Å². The number of H-pyrrole nitrogens is 1. The molecule has 1 aromatic heterocycles. The molecular formula is C21H15Br2F2NO4. The normalized spacial score (nSPS) is 10.7. The quantitative estimate of drug-likeness (QED) is 0.431. The maximum absolute atomic E-state index is 14.0. The third-order valence-corrected chi connectivity index (χ3v) is 5.76. The van der Waals surface area contributed by atoms with E-state index in [1.165, 1.54) is 13.2 Å². The van der Waals surface area contributed by atoms with Crippen molar-refractivity contribution in [2.45, 2.75) is 13.5 Å². The molecule has 0 saturated heterocycles. The van der Waals surface area contributed by atoms with Crippen LogP contribution in [-0.4, -0.2) is 18.1 Å². The second-order valence-corrected chi connectivity index (χ2v) is 7.96. The fourth-order valence-corrected chi connectivity index (χ4v) is 3.71. The van der Waals surface area contributed by atoms with Crippen molar-refractivity contribution in [3.05, 3.63) is 84.2 Å². The van der Waals surface area contributed by atoms with Crippen molar-refractivity contribution in [3.8, 4) is 16.9 Å². The number of ether oxygens (including phenoxy) is 2. The van der Waals surface area contributed by atoms with E-state index < -0.39 is 23.2 Å². The van der Waals surface area contributed by atoms with Crippen molar-refractivity contribution in [1.82, 2.24) is 4.98 Å². The Morgan fingerprint density at radius 2 is 1.87 bits per heavy atom. The van der Waals surface area contributed by atoms with E-state index in [-0.39, 0.29) is 28.0 Å². The van der Waals surface area contributed by atoms with Crippen LogP contribution in [0.1, 0.15) is 21.6 Å². The average Bonchev–Trinajstić information content (AvgIpc) is 2.70. The first-order valence-corrected chi connectivity index (χ1v) is 10.2. The molecule has 30 heavy (non-hydrogen) atoms. The number of halogens is 4. The number of benzene rings is 2. The van der Waals surface area contributed by atoms with Crippen LogP contribution >= 0.6 is 31.9 Å². The fourth-order valence-electron chi connectivity index (χ4n) is 2.89. The van der Waals surface area contributed by atoms with E-state index in [9.17, 15) is 18.4 Å². The van der Waals surface area contributed by atoms with E-state index in [2.05, 4.69) is 36.8 Å². The molecule has 5 nitrogen and oxygen atoms in total. The van der Waals surface area contributed by atoms with Crippen LogP contribution in [0.2, 0.25) is 0 Å². The standard InChI is InChI=1S/C21H15Br2F2NO4/c1-10-17(11-4-6-15(22)14(7-11)21(28)29-2)19(18(23)20(27)26-10)30-9-12-3-5-13(24)8-16(12)25/h3-8H,9H2,1-2H3,(H,26,27). The zero-order valence-corrected chi connectivity index (χ0v) is 19.0. The number of carbonyl (C=O) groups excluding carboxylic acids is 1. The van der Waals surface area contributed by atoms with E-state index in [1.807, 2.05) is 0 Å². The predicted molar refractivity (Wildman–Crippen MR) is 115 cm³/mol. The fraction of sp³-hybridized carbons (Fsp3) is 0.143. The van der Waals surface area contributed by atoms with E-state index in [0.717, 1.165) is 12.1 Å². The Labute approximate surface area is 187 Å². The highest BCUT2D eigenvalue weighted by atomic mass is 79.9. The Balaban J connectivity index is 2.11. The summed E-state index contributed by atoms with van der Waals surface area (Å²) < 4.78 is 38.4. The predicted octanol–water partition coefficient (Wildman–Crippen LogP) is 5.52. The van der Waals surface area contributed by atoms with Crippen LogP contribution in [0.3, 0.4) is 0 Å². The molecule has 0 aliphatic carbocycles. The van der Waals surface area contributed by atoms with Gasteiger partial charge < -0.3 is 14.5 Å². The van der Waals surface area contributed by atoms with Crippen molar-refractivity contribution >= 4 is 37.8 Å². The number of aromatic nitrogens is 1. The van der Waals surface area contributed by atoms with Crippen molar-refractivity contribution < 1.29 is 23.0 Å². The molecule has 2 aromatic carbocycles. The van der Waals surface area contributed by atoms with E-state index in [1.54, 1.807) is 25.1 Å². The SMILES string of the molecule is COC(=O)c1cc(-c2c(C)[nH]c(=O)c(Br)c2OCc2ccc(F)cc2F)ccc1Br. The molecule has 0 bridgehead atoms. The second-order valence-electron chi connectivity index (χ2n) is 6.31. The summed E-state index contributed by atoms with van der Waals surface area (Å²) in [5.41, 5.74) is 1.53. The minimum absolute atomic E-state index is 0.105. The molecule has 3 aromatic rings.